The zero-order valence-electron chi connectivity index (χ0n) is 18.0. The third kappa shape index (κ3) is 14.7. The Morgan fingerprint density at radius 2 is 1.46 bits per heavy atom. The Morgan fingerprint density at radius 3 is 1.96 bits per heavy atom. The lowest BCUT2D eigenvalue weighted by molar-refractivity contribution is -0.111. The van der Waals surface area contributed by atoms with E-state index in [9.17, 15) is 4.79 Å². The van der Waals surface area contributed by atoms with Crippen LogP contribution in [0.5, 0.6) is 0 Å². The first-order valence-corrected chi connectivity index (χ1v) is 10.4. The van der Waals surface area contributed by atoms with Gasteiger partial charge in [0.2, 0.25) is 5.91 Å². The Kier molecular flexibility index (Phi) is 19.6. The number of halogens is 1. The monoisotopic (exact) mass is 411 g/mol. The van der Waals surface area contributed by atoms with E-state index in [1.807, 2.05) is 12.1 Å². The van der Waals surface area contributed by atoms with Crippen molar-refractivity contribution in [2.75, 3.05) is 18.9 Å². The van der Waals surface area contributed by atoms with Crippen LogP contribution in [0.15, 0.2) is 36.9 Å². The summed E-state index contributed by atoms with van der Waals surface area (Å²) in [5.74, 6) is -0.171. The van der Waals surface area contributed by atoms with Crippen molar-refractivity contribution in [2.24, 2.45) is 0 Å². The Morgan fingerprint density at radius 1 is 0.964 bits per heavy atom. The van der Waals surface area contributed by atoms with Gasteiger partial charge in [0.05, 0.1) is 0 Å². The standard InChI is InChI=1S/C23H38N2O.ClH.H3N/c1-4-6-7-8-9-10-11-12-13-14-19-25(3)20-21-15-17-22(18-16-21)24-23(26)5-2;;/h5,15-18H,2,4,6-14,19-20H2,1,3H3,(H,24,26);1H;1H3. The summed E-state index contributed by atoms with van der Waals surface area (Å²) in [6.45, 7) is 7.83. The molecule has 0 bridgehead atoms. The highest BCUT2D eigenvalue weighted by Gasteiger charge is 2.02. The average Bonchev–Trinajstić information content (AvgIpc) is 2.64. The molecule has 0 fully saturated rings. The van der Waals surface area contributed by atoms with Crippen LogP contribution in [0.1, 0.15) is 76.7 Å². The molecule has 0 aliphatic carbocycles. The van der Waals surface area contributed by atoms with E-state index in [1.54, 1.807) is 0 Å². The number of benzene rings is 1. The van der Waals surface area contributed by atoms with E-state index >= 15 is 0 Å². The number of hydrogen-bond donors (Lipinski definition) is 2. The van der Waals surface area contributed by atoms with Crippen molar-refractivity contribution in [1.29, 1.82) is 0 Å². The summed E-state index contributed by atoms with van der Waals surface area (Å²) in [5, 5.41) is 2.77. The van der Waals surface area contributed by atoms with Gasteiger partial charge in [0.1, 0.15) is 0 Å². The maximum Gasteiger partial charge on any atom is 0.247 e. The lowest BCUT2D eigenvalue weighted by Gasteiger charge is -2.17. The molecule has 1 rings (SSSR count). The largest absolute Gasteiger partial charge is 0.344 e. The molecular weight excluding hydrogens is 370 g/mol. The zero-order chi connectivity index (χ0) is 19.0. The number of carbonyl (C=O) groups is 1. The molecule has 1 aromatic carbocycles. The quantitative estimate of drug-likeness (QED) is 0.248. The highest BCUT2D eigenvalue weighted by Crippen LogP contribution is 2.13. The number of nitrogens with zero attached hydrogens (tertiary/aromatic N) is 1. The van der Waals surface area contributed by atoms with E-state index in [2.05, 4.69) is 42.9 Å². The average molecular weight is 412 g/mol. The molecule has 28 heavy (non-hydrogen) atoms. The van der Waals surface area contributed by atoms with Crippen molar-refractivity contribution in [2.45, 2.75) is 77.7 Å². The van der Waals surface area contributed by atoms with Crippen molar-refractivity contribution < 1.29 is 4.79 Å². The SMILES string of the molecule is C=CC(=O)Nc1ccc(CN(C)CCCCCCCCCCCC)cc1.Cl.N. The van der Waals surface area contributed by atoms with Crippen LogP contribution in [-0.2, 0) is 11.3 Å². The van der Waals surface area contributed by atoms with Crippen LogP contribution in [0.4, 0.5) is 5.69 Å². The van der Waals surface area contributed by atoms with Crippen LogP contribution in [0.2, 0.25) is 0 Å². The van der Waals surface area contributed by atoms with Gasteiger partial charge in [-0.1, -0.05) is 83.4 Å². The number of hydrogen-bond acceptors (Lipinski definition) is 3. The van der Waals surface area contributed by atoms with Gasteiger partial charge in [-0.15, -0.1) is 12.4 Å². The van der Waals surface area contributed by atoms with E-state index in [0.29, 0.717) is 0 Å². The smallest absolute Gasteiger partial charge is 0.247 e. The van der Waals surface area contributed by atoms with Crippen LogP contribution >= 0.6 is 12.4 Å². The molecule has 162 valence electrons. The van der Waals surface area contributed by atoms with Gasteiger partial charge in [0, 0.05) is 12.2 Å². The molecule has 5 heteroatoms. The second-order valence-electron chi connectivity index (χ2n) is 7.31. The van der Waals surface area contributed by atoms with Crippen molar-refractivity contribution in [3.05, 3.63) is 42.5 Å². The first-order chi connectivity index (χ1) is 12.7. The fourth-order valence-corrected chi connectivity index (χ4v) is 3.15. The molecule has 0 aliphatic heterocycles. The third-order valence-electron chi connectivity index (χ3n) is 4.75. The summed E-state index contributed by atoms with van der Waals surface area (Å²) in [5.41, 5.74) is 2.09. The predicted molar refractivity (Wildman–Crippen MR) is 126 cm³/mol. The maximum atomic E-state index is 11.3. The Hall–Kier alpha value is -1.36. The van der Waals surface area contributed by atoms with Crippen molar-refractivity contribution >= 4 is 24.0 Å². The molecule has 1 amide bonds. The molecule has 0 heterocycles. The van der Waals surface area contributed by atoms with Crippen LogP contribution in [0.3, 0.4) is 0 Å². The minimum absolute atomic E-state index is 0. The second kappa shape index (κ2) is 19.0. The maximum absolute atomic E-state index is 11.3. The minimum Gasteiger partial charge on any atom is -0.344 e. The summed E-state index contributed by atoms with van der Waals surface area (Å²) in [6.07, 6.45) is 15.1. The Bertz CT molecular complexity index is 505. The summed E-state index contributed by atoms with van der Waals surface area (Å²) in [6, 6.07) is 8.05. The van der Waals surface area contributed by atoms with Gasteiger partial charge < -0.3 is 16.4 Å². The Labute approximate surface area is 179 Å². The molecule has 0 atom stereocenters. The van der Waals surface area contributed by atoms with E-state index < -0.39 is 0 Å². The molecule has 0 radical (unpaired) electrons. The number of amides is 1. The number of anilines is 1. The lowest BCUT2D eigenvalue weighted by atomic mass is 10.1. The fraction of sp³-hybridized carbons (Fsp3) is 0.609. The summed E-state index contributed by atoms with van der Waals surface area (Å²) < 4.78 is 0. The highest BCUT2D eigenvalue weighted by molar-refractivity contribution is 5.98. The van der Waals surface area contributed by atoms with Crippen LogP contribution in [0.25, 0.3) is 0 Å². The van der Waals surface area contributed by atoms with Crippen LogP contribution in [0, 0.1) is 0 Å². The number of carbonyl (C=O) groups excluding carboxylic acids is 1. The molecule has 0 aromatic heterocycles. The van der Waals surface area contributed by atoms with Gasteiger partial charge >= 0.3 is 0 Å². The minimum atomic E-state index is -0.171. The first-order valence-electron chi connectivity index (χ1n) is 10.4. The molecule has 4 N–H and O–H groups in total. The van der Waals surface area contributed by atoms with E-state index in [4.69, 9.17) is 0 Å². The normalized spacial score (nSPS) is 10.1. The topological polar surface area (TPSA) is 67.3 Å². The van der Waals surface area contributed by atoms with E-state index in [0.717, 1.165) is 18.8 Å². The fourth-order valence-electron chi connectivity index (χ4n) is 3.15. The van der Waals surface area contributed by atoms with Gasteiger partial charge in [-0.3, -0.25) is 4.79 Å². The number of rotatable bonds is 15. The van der Waals surface area contributed by atoms with Crippen LogP contribution in [-0.4, -0.2) is 24.4 Å². The molecule has 4 nitrogen and oxygen atoms in total. The Balaban J connectivity index is 0. The number of unbranched alkanes of at least 4 members (excludes halogenated alkanes) is 9. The molecule has 0 spiro atoms. The summed E-state index contributed by atoms with van der Waals surface area (Å²) in [7, 11) is 2.18. The molecule has 0 saturated heterocycles. The van der Waals surface area contributed by atoms with Gasteiger partial charge in [-0.2, -0.15) is 0 Å². The summed E-state index contributed by atoms with van der Waals surface area (Å²) in [4.78, 5) is 13.7. The van der Waals surface area contributed by atoms with E-state index in [-0.39, 0.29) is 24.5 Å². The molecule has 0 aliphatic rings. The van der Waals surface area contributed by atoms with E-state index in [1.165, 1.54) is 75.8 Å². The van der Waals surface area contributed by atoms with Crippen molar-refractivity contribution in [3.63, 3.8) is 0 Å². The van der Waals surface area contributed by atoms with Gasteiger partial charge in [0.25, 0.3) is 0 Å². The highest BCUT2D eigenvalue weighted by atomic mass is 35.5. The molecule has 0 saturated carbocycles. The van der Waals surface area contributed by atoms with Gasteiger partial charge in [-0.05, 0) is 43.8 Å². The second-order valence-corrected chi connectivity index (χ2v) is 7.31. The van der Waals surface area contributed by atoms with Crippen LogP contribution < -0.4 is 11.5 Å². The van der Waals surface area contributed by atoms with Crippen molar-refractivity contribution in [3.8, 4) is 0 Å². The molecule has 1 aromatic rings. The van der Waals surface area contributed by atoms with Gasteiger partial charge in [0.15, 0.2) is 0 Å². The van der Waals surface area contributed by atoms with Crippen molar-refractivity contribution in [1.82, 2.24) is 11.1 Å². The summed E-state index contributed by atoms with van der Waals surface area (Å²) >= 11 is 0. The first kappa shape index (κ1) is 28.8. The zero-order valence-corrected chi connectivity index (χ0v) is 18.9. The van der Waals surface area contributed by atoms with Gasteiger partial charge in [-0.25, -0.2) is 0 Å². The number of nitrogens with one attached hydrogen (secondary N) is 1. The molecule has 0 unspecified atom stereocenters. The predicted octanol–water partition coefficient (Wildman–Crippen LogP) is 6.75. The third-order valence-corrected chi connectivity index (χ3v) is 4.75. The lowest BCUT2D eigenvalue weighted by Crippen LogP contribution is -2.19. The molecular formula is C23H42ClN3O.